The topological polar surface area (TPSA) is 47.6 Å². The minimum absolute atomic E-state index is 0.0427. The Kier molecular flexibility index (Phi) is 6.01. The van der Waals surface area contributed by atoms with E-state index in [-0.39, 0.29) is 17.4 Å². The lowest BCUT2D eigenvalue weighted by molar-refractivity contribution is -0.118. The van der Waals surface area contributed by atoms with E-state index >= 15 is 0 Å². The number of hydrogen-bond donors (Lipinski definition) is 1. The molecule has 0 heterocycles. The van der Waals surface area contributed by atoms with Crippen molar-refractivity contribution >= 4 is 34.8 Å². The van der Waals surface area contributed by atoms with Gasteiger partial charge in [0.05, 0.1) is 5.02 Å². The molecule has 0 aliphatic rings. The monoisotopic (exact) mass is 361 g/mol. The molecule has 0 spiro atoms. The van der Waals surface area contributed by atoms with E-state index < -0.39 is 12.5 Å². The van der Waals surface area contributed by atoms with Crippen molar-refractivity contribution in [2.24, 2.45) is 0 Å². The van der Waals surface area contributed by atoms with Gasteiger partial charge < -0.3 is 14.8 Å². The Morgan fingerprint density at radius 2 is 1.96 bits per heavy atom. The molecule has 23 heavy (non-hydrogen) atoms. The molecule has 0 radical (unpaired) electrons. The normalized spacial score (nSPS) is 10.5. The molecular formula is C15H11Cl2F2NO3. The lowest BCUT2D eigenvalue weighted by atomic mass is 10.3. The Hall–Kier alpha value is -2.05. The molecule has 0 aliphatic carbocycles. The fourth-order valence-corrected chi connectivity index (χ4v) is 2.08. The number of rotatable bonds is 6. The van der Waals surface area contributed by atoms with Crippen molar-refractivity contribution < 1.29 is 23.0 Å². The molecule has 1 amide bonds. The van der Waals surface area contributed by atoms with E-state index in [4.69, 9.17) is 27.9 Å². The summed E-state index contributed by atoms with van der Waals surface area (Å²) in [7, 11) is 0. The van der Waals surface area contributed by atoms with Gasteiger partial charge in [-0.25, -0.2) is 0 Å². The Morgan fingerprint density at radius 3 is 2.61 bits per heavy atom. The van der Waals surface area contributed by atoms with E-state index in [1.54, 1.807) is 24.3 Å². The average Bonchev–Trinajstić information content (AvgIpc) is 2.48. The quantitative estimate of drug-likeness (QED) is 0.816. The number of carbonyl (C=O) groups is 1. The first-order valence-corrected chi connectivity index (χ1v) is 7.12. The van der Waals surface area contributed by atoms with Gasteiger partial charge in [0.1, 0.15) is 11.5 Å². The summed E-state index contributed by atoms with van der Waals surface area (Å²) in [4.78, 5) is 11.8. The molecule has 4 nitrogen and oxygen atoms in total. The van der Waals surface area contributed by atoms with Gasteiger partial charge in [-0.1, -0.05) is 29.3 Å². The number of alkyl halides is 2. The van der Waals surface area contributed by atoms with Gasteiger partial charge in [-0.3, -0.25) is 4.79 Å². The van der Waals surface area contributed by atoms with E-state index in [1.165, 1.54) is 18.2 Å². The number of hydrogen-bond acceptors (Lipinski definition) is 3. The fraction of sp³-hybridized carbons (Fsp3) is 0.133. The number of halogens is 4. The third kappa shape index (κ3) is 5.58. The molecule has 2 aromatic carbocycles. The summed E-state index contributed by atoms with van der Waals surface area (Å²) in [5.74, 6) is -0.162. The van der Waals surface area contributed by atoms with Gasteiger partial charge in [0.15, 0.2) is 6.61 Å². The van der Waals surface area contributed by atoms with Crippen LogP contribution in [0.25, 0.3) is 0 Å². The molecule has 0 unspecified atom stereocenters. The van der Waals surface area contributed by atoms with Crippen molar-refractivity contribution in [1.29, 1.82) is 0 Å². The van der Waals surface area contributed by atoms with E-state index in [0.717, 1.165) is 0 Å². The summed E-state index contributed by atoms with van der Waals surface area (Å²) in [5, 5.41) is 2.97. The van der Waals surface area contributed by atoms with Crippen molar-refractivity contribution in [3.8, 4) is 11.5 Å². The SMILES string of the molecule is O=C(COc1cccc(Cl)c1)Nc1ccc(OC(F)F)c(Cl)c1. The van der Waals surface area contributed by atoms with Crippen molar-refractivity contribution in [3.63, 3.8) is 0 Å². The van der Waals surface area contributed by atoms with Crippen molar-refractivity contribution in [2.45, 2.75) is 6.61 Å². The zero-order chi connectivity index (χ0) is 16.8. The number of ether oxygens (including phenoxy) is 2. The van der Waals surface area contributed by atoms with Crippen molar-refractivity contribution in [1.82, 2.24) is 0 Å². The molecule has 0 fully saturated rings. The fourth-order valence-electron chi connectivity index (χ4n) is 1.67. The lowest BCUT2D eigenvalue weighted by Gasteiger charge is -2.10. The minimum atomic E-state index is -2.97. The highest BCUT2D eigenvalue weighted by Crippen LogP contribution is 2.28. The van der Waals surface area contributed by atoms with Crippen LogP contribution in [0.3, 0.4) is 0 Å². The molecule has 1 N–H and O–H groups in total. The number of nitrogens with one attached hydrogen (secondary N) is 1. The van der Waals surface area contributed by atoms with Gasteiger partial charge in [0, 0.05) is 10.7 Å². The van der Waals surface area contributed by atoms with Crippen molar-refractivity contribution in [3.05, 3.63) is 52.5 Å². The molecule has 8 heteroatoms. The summed E-state index contributed by atoms with van der Waals surface area (Å²) < 4.78 is 33.7. The van der Waals surface area contributed by atoms with E-state index in [1.807, 2.05) is 0 Å². The summed E-state index contributed by atoms with van der Waals surface area (Å²) >= 11 is 11.6. The predicted molar refractivity (Wildman–Crippen MR) is 83.7 cm³/mol. The van der Waals surface area contributed by atoms with Crippen molar-refractivity contribution in [2.75, 3.05) is 11.9 Å². The maximum atomic E-state index is 12.1. The molecule has 0 saturated heterocycles. The Bertz CT molecular complexity index is 698. The summed E-state index contributed by atoms with van der Waals surface area (Å²) in [6.07, 6.45) is 0. The third-order valence-electron chi connectivity index (χ3n) is 2.60. The van der Waals surface area contributed by atoms with Crippen LogP contribution in [0.4, 0.5) is 14.5 Å². The molecular weight excluding hydrogens is 351 g/mol. The number of anilines is 1. The maximum absolute atomic E-state index is 12.1. The summed E-state index contributed by atoms with van der Waals surface area (Å²) in [6.45, 7) is -3.22. The van der Waals surface area contributed by atoms with Gasteiger partial charge in [-0.05, 0) is 36.4 Å². The summed E-state index contributed by atoms with van der Waals surface area (Å²) in [6, 6.07) is 10.5. The number of amides is 1. The van der Waals surface area contributed by atoms with Crippen LogP contribution < -0.4 is 14.8 Å². The van der Waals surface area contributed by atoms with Crippen LogP contribution in [-0.4, -0.2) is 19.1 Å². The lowest BCUT2D eigenvalue weighted by Crippen LogP contribution is -2.20. The highest BCUT2D eigenvalue weighted by molar-refractivity contribution is 6.32. The van der Waals surface area contributed by atoms with Crippen LogP contribution in [0.2, 0.25) is 10.0 Å². The van der Waals surface area contributed by atoms with E-state index in [2.05, 4.69) is 10.1 Å². The third-order valence-corrected chi connectivity index (χ3v) is 3.13. The van der Waals surface area contributed by atoms with Gasteiger partial charge in [-0.2, -0.15) is 8.78 Å². The molecule has 122 valence electrons. The molecule has 0 saturated carbocycles. The molecule has 0 atom stereocenters. The molecule has 0 aliphatic heterocycles. The second-order valence-corrected chi connectivity index (χ2v) is 5.16. The smallest absolute Gasteiger partial charge is 0.387 e. The van der Waals surface area contributed by atoms with E-state index in [0.29, 0.717) is 16.5 Å². The van der Waals surface area contributed by atoms with Crippen LogP contribution in [-0.2, 0) is 4.79 Å². The zero-order valence-corrected chi connectivity index (χ0v) is 13.1. The number of carbonyl (C=O) groups excluding carboxylic acids is 1. The second kappa shape index (κ2) is 7.99. The Balaban J connectivity index is 1.91. The predicted octanol–water partition coefficient (Wildman–Crippen LogP) is 4.61. The van der Waals surface area contributed by atoms with E-state index in [9.17, 15) is 13.6 Å². The first kappa shape index (κ1) is 17.3. The molecule has 2 aromatic rings. The molecule has 2 rings (SSSR count). The maximum Gasteiger partial charge on any atom is 0.387 e. The number of benzene rings is 2. The van der Waals surface area contributed by atoms with Gasteiger partial charge >= 0.3 is 6.61 Å². The van der Waals surface area contributed by atoms with Crippen LogP contribution >= 0.6 is 23.2 Å². The van der Waals surface area contributed by atoms with Gasteiger partial charge in [-0.15, -0.1) is 0 Å². The highest BCUT2D eigenvalue weighted by atomic mass is 35.5. The zero-order valence-electron chi connectivity index (χ0n) is 11.6. The van der Waals surface area contributed by atoms with Crippen LogP contribution in [0.1, 0.15) is 0 Å². The second-order valence-electron chi connectivity index (χ2n) is 4.32. The van der Waals surface area contributed by atoms with Crippen LogP contribution in [0.15, 0.2) is 42.5 Å². The molecule has 0 aromatic heterocycles. The van der Waals surface area contributed by atoms with Gasteiger partial charge in [0.2, 0.25) is 0 Å². The van der Waals surface area contributed by atoms with Gasteiger partial charge in [0.25, 0.3) is 5.91 Å². The first-order chi connectivity index (χ1) is 10.9. The first-order valence-electron chi connectivity index (χ1n) is 6.36. The summed E-state index contributed by atoms with van der Waals surface area (Å²) in [5.41, 5.74) is 0.330. The standard InChI is InChI=1S/C15H11Cl2F2NO3/c16-9-2-1-3-11(6-9)22-8-14(21)20-10-4-5-13(12(17)7-10)23-15(18)19/h1-7,15H,8H2,(H,20,21). The largest absolute Gasteiger partial charge is 0.484 e. The minimum Gasteiger partial charge on any atom is -0.484 e. The van der Waals surface area contributed by atoms with Crippen LogP contribution in [0, 0.1) is 0 Å². The Morgan fingerprint density at radius 1 is 1.17 bits per heavy atom. The Labute approximate surface area is 140 Å². The highest BCUT2D eigenvalue weighted by Gasteiger charge is 2.10. The van der Waals surface area contributed by atoms with Crippen LogP contribution in [0.5, 0.6) is 11.5 Å². The average molecular weight is 362 g/mol. The molecule has 0 bridgehead atoms.